The van der Waals surface area contributed by atoms with Crippen LogP contribution in [0.25, 0.3) is 0 Å². The highest BCUT2D eigenvalue weighted by molar-refractivity contribution is 5.85. The van der Waals surface area contributed by atoms with Crippen LogP contribution in [0.2, 0.25) is 0 Å². The molecule has 0 aromatic heterocycles. The van der Waals surface area contributed by atoms with Crippen molar-refractivity contribution >= 4 is 24.2 Å². The van der Waals surface area contributed by atoms with Crippen molar-refractivity contribution in [2.75, 3.05) is 26.2 Å². The van der Waals surface area contributed by atoms with E-state index in [2.05, 4.69) is 0 Å². The lowest BCUT2D eigenvalue weighted by Crippen LogP contribution is -2.54. The Kier molecular flexibility index (Phi) is 6.49. The third-order valence-corrected chi connectivity index (χ3v) is 2.79. The van der Waals surface area contributed by atoms with Gasteiger partial charge in [0.05, 0.1) is 6.04 Å². The van der Waals surface area contributed by atoms with Crippen molar-refractivity contribution in [3.63, 3.8) is 0 Å². The summed E-state index contributed by atoms with van der Waals surface area (Å²) in [4.78, 5) is 26.9. The Morgan fingerprint density at radius 1 is 0.941 bits per heavy atom. The molecule has 6 heteroatoms. The van der Waals surface area contributed by atoms with E-state index in [9.17, 15) is 9.59 Å². The topological polar surface area (TPSA) is 66.6 Å². The molecule has 1 rings (SSSR count). The zero-order valence-electron chi connectivity index (χ0n) is 10.7. The van der Waals surface area contributed by atoms with Crippen LogP contribution >= 0.6 is 12.4 Å². The van der Waals surface area contributed by atoms with Crippen molar-refractivity contribution in [3.8, 4) is 0 Å². The molecule has 17 heavy (non-hydrogen) atoms. The summed E-state index contributed by atoms with van der Waals surface area (Å²) in [5.41, 5.74) is 5.54. The highest BCUT2D eigenvalue weighted by atomic mass is 35.5. The molecule has 100 valence electrons. The lowest BCUT2D eigenvalue weighted by atomic mass is 10.1. The van der Waals surface area contributed by atoms with Crippen LogP contribution in [0.4, 0.5) is 0 Å². The van der Waals surface area contributed by atoms with Gasteiger partial charge in [-0.05, 0) is 6.92 Å². The van der Waals surface area contributed by atoms with Gasteiger partial charge in [-0.25, -0.2) is 0 Å². The van der Waals surface area contributed by atoms with Crippen LogP contribution in [0.1, 0.15) is 20.8 Å². The zero-order chi connectivity index (χ0) is 12.3. The number of nitrogens with two attached hydrogens (primary N) is 1. The van der Waals surface area contributed by atoms with Gasteiger partial charge in [-0.2, -0.15) is 0 Å². The van der Waals surface area contributed by atoms with E-state index in [1.165, 1.54) is 0 Å². The molecule has 1 atom stereocenters. The molecule has 1 saturated heterocycles. The molecule has 0 bridgehead atoms. The summed E-state index contributed by atoms with van der Waals surface area (Å²) in [5, 5.41) is 0. The monoisotopic (exact) mass is 263 g/mol. The van der Waals surface area contributed by atoms with Gasteiger partial charge in [0.1, 0.15) is 0 Å². The molecular formula is C11H22ClN3O2. The van der Waals surface area contributed by atoms with Crippen LogP contribution in [-0.4, -0.2) is 53.8 Å². The Morgan fingerprint density at radius 2 is 1.29 bits per heavy atom. The van der Waals surface area contributed by atoms with Gasteiger partial charge in [0.25, 0.3) is 0 Å². The Balaban J connectivity index is 0.00000256. The third-order valence-electron chi connectivity index (χ3n) is 2.79. The van der Waals surface area contributed by atoms with Crippen LogP contribution in [0.3, 0.4) is 0 Å². The average molecular weight is 264 g/mol. The molecule has 0 aromatic carbocycles. The van der Waals surface area contributed by atoms with Gasteiger partial charge in [0, 0.05) is 32.1 Å². The maximum Gasteiger partial charge on any atom is 0.239 e. The van der Waals surface area contributed by atoms with Crippen molar-refractivity contribution in [1.29, 1.82) is 0 Å². The van der Waals surface area contributed by atoms with Gasteiger partial charge in [-0.1, -0.05) is 13.8 Å². The first-order chi connectivity index (χ1) is 7.43. The van der Waals surface area contributed by atoms with Gasteiger partial charge >= 0.3 is 0 Å². The molecule has 2 amide bonds. The standard InChI is InChI=1S/C11H21N3O2.ClH/c1-8(2)10(15)13-4-6-14(7-5-13)11(16)9(3)12;/h8-9H,4-7,12H2,1-3H3;1H/t9-;/m0./s1. The van der Waals surface area contributed by atoms with E-state index < -0.39 is 6.04 Å². The van der Waals surface area contributed by atoms with Gasteiger partial charge in [-0.15, -0.1) is 12.4 Å². The van der Waals surface area contributed by atoms with E-state index in [0.29, 0.717) is 26.2 Å². The number of nitrogens with zero attached hydrogens (tertiary/aromatic N) is 2. The summed E-state index contributed by atoms with van der Waals surface area (Å²) < 4.78 is 0. The predicted molar refractivity (Wildman–Crippen MR) is 68.9 cm³/mol. The fourth-order valence-electron chi connectivity index (χ4n) is 1.80. The second kappa shape index (κ2) is 6.81. The molecule has 0 aliphatic carbocycles. The quantitative estimate of drug-likeness (QED) is 0.767. The number of piperazine rings is 1. The number of amides is 2. The second-order valence-electron chi connectivity index (χ2n) is 4.59. The van der Waals surface area contributed by atoms with Crippen molar-refractivity contribution < 1.29 is 9.59 Å². The van der Waals surface area contributed by atoms with Crippen LogP contribution in [0, 0.1) is 5.92 Å². The van der Waals surface area contributed by atoms with Crippen LogP contribution < -0.4 is 5.73 Å². The van der Waals surface area contributed by atoms with E-state index in [4.69, 9.17) is 5.73 Å². The molecule has 5 nitrogen and oxygen atoms in total. The number of rotatable bonds is 2. The van der Waals surface area contributed by atoms with Crippen LogP contribution in [-0.2, 0) is 9.59 Å². The number of halogens is 1. The second-order valence-corrected chi connectivity index (χ2v) is 4.59. The lowest BCUT2D eigenvalue weighted by molar-refractivity contribution is -0.141. The summed E-state index contributed by atoms with van der Waals surface area (Å²) in [6.07, 6.45) is 0. The Labute approximate surface area is 109 Å². The van der Waals surface area contributed by atoms with E-state index in [-0.39, 0.29) is 30.1 Å². The van der Waals surface area contributed by atoms with Crippen molar-refractivity contribution in [3.05, 3.63) is 0 Å². The molecule has 1 fully saturated rings. The number of hydrogen-bond acceptors (Lipinski definition) is 3. The summed E-state index contributed by atoms with van der Waals surface area (Å²) in [6.45, 7) is 7.90. The number of hydrogen-bond donors (Lipinski definition) is 1. The molecule has 0 radical (unpaired) electrons. The number of carbonyl (C=O) groups excluding carboxylic acids is 2. The minimum atomic E-state index is -0.452. The largest absolute Gasteiger partial charge is 0.339 e. The van der Waals surface area contributed by atoms with E-state index >= 15 is 0 Å². The van der Waals surface area contributed by atoms with Crippen LogP contribution in [0.5, 0.6) is 0 Å². The van der Waals surface area contributed by atoms with Crippen molar-refractivity contribution in [2.45, 2.75) is 26.8 Å². The normalized spacial score (nSPS) is 17.7. The molecular weight excluding hydrogens is 242 g/mol. The number of carbonyl (C=O) groups is 2. The van der Waals surface area contributed by atoms with E-state index in [1.54, 1.807) is 11.8 Å². The highest BCUT2D eigenvalue weighted by Gasteiger charge is 2.26. The molecule has 2 N–H and O–H groups in total. The first-order valence-corrected chi connectivity index (χ1v) is 5.76. The van der Waals surface area contributed by atoms with Gasteiger partial charge in [0.15, 0.2) is 0 Å². The Morgan fingerprint density at radius 3 is 1.59 bits per heavy atom. The molecule has 0 spiro atoms. The fourth-order valence-corrected chi connectivity index (χ4v) is 1.80. The summed E-state index contributed by atoms with van der Waals surface area (Å²) in [6, 6.07) is -0.452. The molecule has 1 aliphatic rings. The van der Waals surface area contributed by atoms with Gasteiger partial charge in [0.2, 0.25) is 11.8 Å². The maximum absolute atomic E-state index is 11.7. The maximum atomic E-state index is 11.7. The fraction of sp³-hybridized carbons (Fsp3) is 0.818. The molecule has 1 aliphatic heterocycles. The van der Waals surface area contributed by atoms with Crippen molar-refractivity contribution in [1.82, 2.24) is 9.80 Å². The smallest absolute Gasteiger partial charge is 0.239 e. The minimum absolute atomic E-state index is 0. The Hall–Kier alpha value is -0.810. The first kappa shape index (κ1) is 16.2. The molecule has 0 aromatic rings. The van der Waals surface area contributed by atoms with Gasteiger partial charge in [-0.3, -0.25) is 9.59 Å². The van der Waals surface area contributed by atoms with Crippen LogP contribution in [0.15, 0.2) is 0 Å². The molecule has 0 unspecified atom stereocenters. The average Bonchev–Trinajstić information content (AvgIpc) is 2.27. The van der Waals surface area contributed by atoms with Crippen molar-refractivity contribution in [2.24, 2.45) is 11.7 Å². The molecule has 1 heterocycles. The third kappa shape index (κ3) is 4.16. The predicted octanol–water partition coefficient (Wildman–Crippen LogP) is 0.0822. The summed E-state index contributed by atoms with van der Waals surface area (Å²) in [7, 11) is 0. The zero-order valence-corrected chi connectivity index (χ0v) is 11.5. The first-order valence-electron chi connectivity index (χ1n) is 5.76. The van der Waals surface area contributed by atoms with Gasteiger partial charge < -0.3 is 15.5 Å². The van der Waals surface area contributed by atoms with E-state index in [0.717, 1.165) is 0 Å². The lowest BCUT2D eigenvalue weighted by Gasteiger charge is -2.36. The Bertz CT molecular complexity index is 246. The van der Waals surface area contributed by atoms with E-state index in [1.807, 2.05) is 18.7 Å². The summed E-state index contributed by atoms with van der Waals surface area (Å²) >= 11 is 0. The minimum Gasteiger partial charge on any atom is -0.339 e. The highest BCUT2D eigenvalue weighted by Crippen LogP contribution is 2.07. The molecule has 0 saturated carbocycles. The SMILES string of the molecule is CC(C)C(=O)N1CCN(C(=O)[C@H](C)N)CC1.Cl. The summed E-state index contributed by atoms with van der Waals surface area (Å²) in [5.74, 6) is 0.153.